The van der Waals surface area contributed by atoms with Crippen LogP contribution in [0.15, 0.2) is 78.9 Å². The summed E-state index contributed by atoms with van der Waals surface area (Å²) in [5.41, 5.74) is 1.74. The van der Waals surface area contributed by atoms with Crippen LogP contribution >= 0.6 is 0 Å². The molecule has 0 spiro atoms. The number of para-hydroxylation sites is 2. The normalized spacial score (nSPS) is 15.2. The van der Waals surface area contributed by atoms with E-state index in [2.05, 4.69) is 0 Å². The summed E-state index contributed by atoms with van der Waals surface area (Å²) >= 11 is 0. The van der Waals surface area contributed by atoms with Crippen LogP contribution in [0.25, 0.3) is 0 Å². The van der Waals surface area contributed by atoms with Crippen molar-refractivity contribution in [2.45, 2.75) is 6.04 Å². The van der Waals surface area contributed by atoms with Gasteiger partial charge in [0.15, 0.2) is 6.61 Å². The van der Waals surface area contributed by atoms with Gasteiger partial charge in [0.25, 0.3) is 5.91 Å². The van der Waals surface area contributed by atoms with Gasteiger partial charge in [0, 0.05) is 0 Å². The largest absolute Gasteiger partial charge is 0.508 e. The van der Waals surface area contributed by atoms with Crippen molar-refractivity contribution < 1.29 is 24.2 Å². The van der Waals surface area contributed by atoms with Gasteiger partial charge in [-0.2, -0.15) is 0 Å². The van der Waals surface area contributed by atoms with Gasteiger partial charge < -0.3 is 14.6 Å². The van der Waals surface area contributed by atoms with Gasteiger partial charge in [-0.25, -0.2) is 4.79 Å². The van der Waals surface area contributed by atoms with Gasteiger partial charge in [0.2, 0.25) is 0 Å². The predicted octanol–water partition coefficient (Wildman–Crippen LogP) is 3.72. The number of anilines is 1. The van der Waals surface area contributed by atoms with E-state index in [1.165, 1.54) is 24.3 Å². The van der Waals surface area contributed by atoms with Crippen molar-refractivity contribution in [2.75, 3.05) is 18.1 Å². The summed E-state index contributed by atoms with van der Waals surface area (Å²) in [5, 5.41) is 9.52. The number of carbonyl (C=O) groups excluding carboxylic acids is 2. The maximum absolute atomic E-state index is 13.1. The molecule has 0 radical (unpaired) electrons. The fraction of sp³-hybridized carbons (Fsp3) is 0.130. The third-order valence-corrected chi connectivity index (χ3v) is 4.69. The zero-order valence-electron chi connectivity index (χ0n) is 15.5. The molecule has 1 amide bonds. The smallest absolute Gasteiger partial charge is 0.338 e. The van der Waals surface area contributed by atoms with E-state index in [9.17, 15) is 14.7 Å². The second-order valence-corrected chi connectivity index (χ2v) is 6.60. The summed E-state index contributed by atoms with van der Waals surface area (Å²) in [4.78, 5) is 27.0. The lowest BCUT2D eigenvalue weighted by atomic mass is 10.0. The van der Waals surface area contributed by atoms with Crippen LogP contribution in [0.5, 0.6) is 11.5 Å². The molecule has 1 atom stereocenters. The minimum atomic E-state index is -0.674. The first-order valence-electron chi connectivity index (χ1n) is 9.18. The number of fused-ring (bicyclic) bond motifs is 1. The molecule has 0 saturated carbocycles. The number of esters is 1. The number of nitrogens with zero attached hydrogens (tertiary/aromatic N) is 1. The summed E-state index contributed by atoms with van der Waals surface area (Å²) in [5.74, 6) is -0.473. The van der Waals surface area contributed by atoms with E-state index in [1.54, 1.807) is 17.0 Å². The summed E-state index contributed by atoms with van der Waals surface area (Å²) in [6.07, 6.45) is 0. The Morgan fingerprint density at radius 1 is 1.00 bits per heavy atom. The quantitative estimate of drug-likeness (QED) is 0.689. The van der Waals surface area contributed by atoms with Crippen molar-refractivity contribution in [1.29, 1.82) is 0 Å². The molecule has 3 aromatic carbocycles. The van der Waals surface area contributed by atoms with Crippen molar-refractivity contribution in [3.8, 4) is 11.5 Å². The molecule has 3 aromatic rings. The van der Waals surface area contributed by atoms with Gasteiger partial charge in [0.1, 0.15) is 18.1 Å². The summed E-state index contributed by atoms with van der Waals surface area (Å²) in [7, 11) is 0. The lowest BCUT2D eigenvalue weighted by Gasteiger charge is -2.37. The Morgan fingerprint density at radius 3 is 2.55 bits per heavy atom. The highest BCUT2D eigenvalue weighted by atomic mass is 16.5. The molecule has 29 heavy (non-hydrogen) atoms. The van der Waals surface area contributed by atoms with Crippen LogP contribution in [0.2, 0.25) is 0 Å². The Balaban J connectivity index is 1.57. The van der Waals surface area contributed by atoms with Gasteiger partial charge in [-0.3, -0.25) is 9.69 Å². The van der Waals surface area contributed by atoms with E-state index in [1.807, 2.05) is 42.5 Å². The van der Waals surface area contributed by atoms with E-state index in [-0.39, 0.29) is 23.3 Å². The summed E-state index contributed by atoms with van der Waals surface area (Å²) < 4.78 is 11.1. The Labute approximate surface area is 167 Å². The highest BCUT2D eigenvalue weighted by Gasteiger charge is 2.33. The minimum absolute atomic E-state index is 0.0444. The molecule has 0 unspecified atom stereocenters. The van der Waals surface area contributed by atoms with E-state index in [0.717, 1.165) is 5.56 Å². The Hall–Kier alpha value is -3.80. The molecule has 0 aromatic heterocycles. The second-order valence-electron chi connectivity index (χ2n) is 6.60. The van der Waals surface area contributed by atoms with Crippen LogP contribution in [-0.4, -0.2) is 30.2 Å². The zero-order chi connectivity index (χ0) is 20.2. The van der Waals surface area contributed by atoms with Crippen molar-refractivity contribution in [2.24, 2.45) is 0 Å². The molecular formula is C23H19NO5. The number of aromatic hydroxyl groups is 1. The molecule has 0 fully saturated rings. The minimum Gasteiger partial charge on any atom is -0.508 e. The number of phenols is 1. The van der Waals surface area contributed by atoms with Crippen LogP contribution in [0.1, 0.15) is 22.0 Å². The number of amides is 1. The number of carbonyl (C=O) groups is 2. The average Bonchev–Trinajstić information content (AvgIpc) is 2.77. The lowest BCUT2D eigenvalue weighted by Crippen LogP contribution is -2.43. The Morgan fingerprint density at radius 2 is 1.76 bits per heavy atom. The maximum atomic E-state index is 13.1. The highest BCUT2D eigenvalue weighted by molar-refractivity contribution is 5.99. The fourth-order valence-corrected chi connectivity index (χ4v) is 3.33. The van der Waals surface area contributed by atoms with Crippen molar-refractivity contribution in [3.05, 3.63) is 90.0 Å². The lowest BCUT2D eigenvalue weighted by molar-refractivity contribution is -0.122. The molecule has 1 aliphatic rings. The topological polar surface area (TPSA) is 76.1 Å². The van der Waals surface area contributed by atoms with Gasteiger partial charge in [-0.05, 0) is 35.9 Å². The third-order valence-electron chi connectivity index (χ3n) is 4.69. The fourth-order valence-electron chi connectivity index (χ4n) is 3.33. The molecule has 6 heteroatoms. The monoisotopic (exact) mass is 389 g/mol. The number of hydrogen-bond acceptors (Lipinski definition) is 5. The summed E-state index contributed by atoms with van der Waals surface area (Å²) in [6, 6.07) is 22.3. The van der Waals surface area contributed by atoms with Gasteiger partial charge in [-0.1, -0.05) is 48.5 Å². The van der Waals surface area contributed by atoms with E-state index in [0.29, 0.717) is 18.0 Å². The van der Waals surface area contributed by atoms with Gasteiger partial charge >= 0.3 is 5.97 Å². The van der Waals surface area contributed by atoms with Gasteiger partial charge in [-0.15, -0.1) is 0 Å². The summed E-state index contributed by atoms with van der Waals surface area (Å²) in [6.45, 7) is -0.126. The first-order chi connectivity index (χ1) is 14.1. The molecule has 0 bridgehead atoms. The van der Waals surface area contributed by atoms with Crippen LogP contribution in [0, 0.1) is 0 Å². The maximum Gasteiger partial charge on any atom is 0.338 e. The van der Waals surface area contributed by atoms with Crippen molar-refractivity contribution >= 4 is 17.6 Å². The number of benzene rings is 3. The second kappa shape index (κ2) is 8.06. The van der Waals surface area contributed by atoms with Crippen LogP contribution < -0.4 is 9.64 Å². The van der Waals surface area contributed by atoms with E-state index >= 15 is 0 Å². The molecule has 1 heterocycles. The highest BCUT2D eigenvalue weighted by Crippen LogP contribution is 2.39. The van der Waals surface area contributed by atoms with Crippen molar-refractivity contribution in [3.63, 3.8) is 0 Å². The number of phenolic OH excluding ortho intramolecular Hbond substituents is 1. The predicted molar refractivity (Wildman–Crippen MR) is 107 cm³/mol. The van der Waals surface area contributed by atoms with E-state index < -0.39 is 12.6 Å². The molecular weight excluding hydrogens is 370 g/mol. The van der Waals surface area contributed by atoms with E-state index in [4.69, 9.17) is 9.47 Å². The standard InChI is InChI=1S/C23H19NO5/c25-18-10-6-9-17(13-18)23(27)29-15-22(26)24-19-11-4-5-12-21(19)28-14-20(24)16-7-2-1-3-8-16/h1-13,20,25H,14-15H2/t20-/m1/s1. The third kappa shape index (κ3) is 3.91. The van der Waals surface area contributed by atoms with Crippen LogP contribution in [-0.2, 0) is 9.53 Å². The van der Waals surface area contributed by atoms with Crippen LogP contribution in [0.3, 0.4) is 0 Å². The molecule has 1 N–H and O–H groups in total. The molecule has 4 rings (SSSR count). The first-order valence-corrected chi connectivity index (χ1v) is 9.18. The molecule has 0 aliphatic carbocycles. The SMILES string of the molecule is O=C(OCC(=O)N1c2ccccc2OC[C@@H]1c1ccccc1)c1cccc(O)c1. The van der Waals surface area contributed by atoms with Gasteiger partial charge in [0.05, 0.1) is 17.3 Å². The molecule has 1 aliphatic heterocycles. The molecule has 0 saturated heterocycles. The number of hydrogen-bond donors (Lipinski definition) is 1. The Bertz CT molecular complexity index is 1030. The number of rotatable bonds is 4. The number of ether oxygens (including phenoxy) is 2. The molecule has 146 valence electrons. The van der Waals surface area contributed by atoms with Crippen molar-refractivity contribution in [1.82, 2.24) is 0 Å². The average molecular weight is 389 g/mol. The zero-order valence-corrected chi connectivity index (χ0v) is 15.5. The Kier molecular flexibility index (Phi) is 5.16. The molecule has 6 nitrogen and oxygen atoms in total. The van der Waals surface area contributed by atoms with Crippen LogP contribution in [0.4, 0.5) is 5.69 Å². The first kappa shape index (κ1) is 18.6.